The summed E-state index contributed by atoms with van der Waals surface area (Å²) in [6, 6.07) is 7.04. The van der Waals surface area contributed by atoms with Gasteiger partial charge in [0.2, 0.25) is 0 Å². The van der Waals surface area contributed by atoms with Crippen molar-refractivity contribution >= 4 is 11.8 Å². The van der Waals surface area contributed by atoms with Crippen LogP contribution >= 0.6 is 0 Å². The van der Waals surface area contributed by atoms with Gasteiger partial charge < -0.3 is 10.6 Å². The maximum absolute atomic E-state index is 12.2. The number of nitrogens with zero attached hydrogens (tertiary/aromatic N) is 2. The molecule has 21 heavy (non-hydrogen) atoms. The first-order valence-electron chi connectivity index (χ1n) is 7.58. The largest absolute Gasteiger partial charge is 0.330 e. The molecule has 5 nitrogen and oxygen atoms in total. The molecule has 0 aliphatic carbocycles. The van der Waals surface area contributed by atoms with Crippen LogP contribution in [-0.4, -0.2) is 54.3 Å². The number of likely N-dealkylation sites (tertiary alicyclic amines) is 1. The van der Waals surface area contributed by atoms with Gasteiger partial charge in [0.15, 0.2) is 0 Å². The second-order valence-electron chi connectivity index (χ2n) is 5.83. The number of hydrogen-bond acceptors (Lipinski definition) is 4. The van der Waals surface area contributed by atoms with Crippen molar-refractivity contribution in [1.82, 2.24) is 9.80 Å². The molecule has 1 aromatic rings. The van der Waals surface area contributed by atoms with Gasteiger partial charge in [0.1, 0.15) is 0 Å². The molecular formula is C16H21N3O2. The molecule has 0 bridgehead atoms. The molecule has 112 valence electrons. The number of hydrogen-bond donors (Lipinski definition) is 1. The summed E-state index contributed by atoms with van der Waals surface area (Å²) >= 11 is 0. The summed E-state index contributed by atoms with van der Waals surface area (Å²) in [4.78, 5) is 28.2. The van der Waals surface area contributed by atoms with Crippen LogP contribution in [0.1, 0.15) is 33.6 Å². The molecule has 0 aromatic heterocycles. The molecule has 0 atom stereocenters. The second kappa shape index (κ2) is 5.95. The first-order chi connectivity index (χ1) is 10.2. The Balaban J connectivity index is 1.58. The average molecular weight is 287 g/mol. The lowest BCUT2D eigenvalue weighted by molar-refractivity contribution is 0.0626. The predicted molar refractivity (Wildman–Crippen MR) is 80.0 cm³/mol. The van der Waals surface area contributed by atoms with E-state index in [-0.39, 0.29) is 11.8 Å². The van der Waals surface area contributed by atoms with Crippen molar-refractivity contribution in [3.8, 4) is 0 Å². The van der Waals surface area contributed by atoms with E-state index in [1.54, 1.807) is 24.3 Å². The smallest absolute Gasteiger partial charge is 0.261 e. The minimum Gasteiger partial charge on any atom is -0.330 e. The molecule has 5 heteroatoms. The number of amides is 2. The maximum Gasteiger partial charge on any atom is 0.261 e. The number of nitrogens with two attached hydrogens (primary N) is 1. The summed E-state index contributed by atoms with van der Waals surface area (Å²) in [5.41, 5.74) is 6.75. The monoisotopic (exact) mass is 287 g/mol. The highest BCUT2D eigenvalue weighted by Gasteiger charge is 2.35. The van der Waals surface area contributed by atoms with Gasteiger partial charge in [-0.25, -0.2) is 0 Å². The summed E-state index contributed by atoms with van der Waals surface area (Å²) in [6.45, 7) is 3.99. The Bertz CT molecular complexity index is 515. The van der Waals surface area contributed by atoms with Crippen LogP contribution in [0, 0.1) is 5.92 Å². The van der Waals surface area contributed by atoms with Crippen molar-refractivity contribution < 1.29 is 9.59 Å². The van der Waals surface area contributed by atoms with Gasteiger partial charge in [0.25, 0.3) is 11.8 Å². The summed E-state index contributed by atoms with van der Waals surface area (Å²) in [7, 11) is 0. The molecule has 2 aliphatic rings. The van der Waals surface area contributed by atoms with Crippen LogP contribution in [0.5, 0.6) is 0 Å². The summed E-state index contributed by atoms with van der Waals surface area (Å²) < 4.78 is 0. The van der Waals surface area contributed by atoms with Crippen LogP contribution in [-0.2, 0) is 0 Å². The third kappa shape index (κ3) is 2.71. The maximum atomic E-state index is 12.2. The van der Waals surface area contributed by atoms with Crippen LogP contribution in [0.3, 0.4) is 0 Å². The number of piperidine rings is 1. The van der Waals surface area contributed by atoms with Crippen molar-refractivity contribution in [2.45, 2.75) is 12.8 Å². The van der Waals surface area contributed by atoms with Gasteiger partial charge in [0.05, 0.1) is 11.1 Å². The normalized spacial score (nSPS) is 20.1. The average Bonchev–Trinajstić information content (AvgIpc) is 2.78. The molecule has 0 radical (unpaired) electrons. The van der Waals surface area contributed by atoms with E-state index >= 15 is 0 Å². The quantitative estimate of drug-likeness (QED) is 0.837. The van der Waals surface area contributed by atoms with Gasteiger partial charge in [0, 0.05) is 13.1 Å². The molecule has 2 amide bonds. The molecule has 0 saturated carbocycles. The number of carbonyl (C=O) groups excluding carboxylic acids is 2. The highest BCUT2D eigenvalue weighted by molar-refractivity contribution is 6.21. The van der Waals surface area contributed by atoms with Crippen LogP contribution in [0.2, 0.25) is 0 Å². The van der Waals surface area contributed by atoms with Gasteiger partial charge in [-0.1, -0.05) is 12.1 Å². The van der Waals surface area contributed by atoms with E-state index in [1.807, 2.05) is 0 Å². The standard InChI is InChI=1S/C16H21N3O2/c17-11-12-5-7-18(8-6-12)9-10-19-15(20)13-3-1-2-4-14(13)16(19)21/h1-4,12H,5-11,17H2. The molecule has 3 rings (SSSR count). The van der Waals surface area contributed by atoms with Crippen molar-refractivity contribution in [2.24, 2.45) is 11.7 Å². The Hall–Kier alpha value is -1.72. The van der Waals surface area contributed by atoms with Crippen molar-refractivity contribution in [1.29, 1.82) is 0 Å². The van der Waals surface area contributed by atoms with Gasteiger partial charge in [-0.3, -0.25) is 14.5 Å². The Morgan fingerprint density at radius 3 is 2.10 bits per heavy atom. The highest BCUT2D eigenvalue weighted by atomic mass is 16.2. The van der Waals surface area contributed by atoms with E-state index in [2.05, 4.69) is 4.90 Å². The molecule has 1 aromatic carbocycles. The Morgan fingerprint density at radius 1 is 1.00 bits per heavy atom. The lowest BCUT2D eigenvalue weighted by atomic mass is 9.97. The minimum absolute atomic E-state index is 0.160. The Kier molecular flexibility index (Phi) is 4.03. The van der Waals surface area contributed by atoms with Gasteiger partial charge in [-0.15, -0.1) is 0 Å². The number of imide groups is 1. The fourth-order valence-corrected chi connectivity index (χ4v) is 3.13. The molecule has 2 N–H and O–H groups in total. The molecular weight excluding hydrogens is 266 g/mol. The van der Waals surface area contributed by atoms with Crippen LogP contribution in [0.25, 0.3) is 0 Å². The SMILES string of the molecule is NCC1CCN(CCN2C(=O)c3ccccc3C2=O)CC1. The Morgan fingerprint density at radius 2 is 1.57 bits per heavy atom. The van der Waals surface area contributed by atoms with Gasteiger partial charge >= 0.3 is 0 Å². The molecule has 1 fully saturated rings. The van der Waals surface area contributed by atoms with E-state index in [0.29, 0.717) is 23.6 Å². The zero-order valence-electron chi connectivity index (χ0n) is 12.1. The first-order valence-corrected chi connectivity index (χ1v) is 7.58. The summed E-state index contributed by atoms with van der Waals surface area (Å²) in [6.07, 6.45) is 2.22. The van der Waals surface area contributed by atoms with Gasteiger partial charge in [-0.05, 0) is 50.5 Å². The highest BCUT2D eigenvalue weighted by Crippen LogP contribution is 2.22. The first kappa shape index (κ1) is 14.2. The van der Waals surface area contributed by atoms with E-state index in [4.69, 9.17) is 5.73 Å². The predicted octanol–water partition coefficient (Wildman–Crippen LogP) is 0.953. The summed E-state index contributed by atoms with van der Waals surface area (Å²) in [5, 5.41) is 0. The van der Waals surface area contributed by atoms with E-state index in [0.717, 1.165) is 39.0 Å². The zero-order chi connectivity index (χ0) is 14.8. The fourth-order valence-electron chi connectivity index (χ4n) is 3.13. The number of rotatable bonds is 4. The fraction of sp³-hybridized carbons (Fsp3) is 0.500. The molecule has 0 unspecified atom stereocenters. The van der Waals surface area contributed by atoms with E-state index < -0.39 is 0 Å². The number of carbonyl (C=O) groups is 2. The number of benzene rings is 1. The molecule has 0 spiro atoms. The van der Waals surface area contributed by atoms with Crippen molar-refractivity contribution in [3.05, 3.63) is 35.4 Å². The molecule has 1 saturated heterocycles. The second-order valence-corrected chi connectivity index (χ2v) is 5.83. The lowest BCUT2D eigenvalue weighted by Crippen LogP contribution is -2.42. The van der Waals surface area contributed by atoms with Crippen molar-refractivity contribution in [3.63, 3.8) is 0 Å². The third-order valence-electron chi connectivity index (χ3n) is 4.56. The molecule has 2 heterocycles. The zero-order valence-corrected chi connectivity index (χ0v) is 12.1. The van der Waals surface area contributed by atoms with Crippen LogP contribution in [0.15, 0.2) is 24.3 Å². The number of fused-ring (bicyclic) bond motifs is 1. The van der Waals surface area contributed by atoms with Gasteiger partial charge in [-0.2, -0.15) is 0 Å². The van der Waals surface area contributed by atoms with Crippen LogP contribution < -0.4 is 5.73 Å². The van der Waals surface area contributed by atoms with Crippen LogP contribution in [0.4, 0.5) is 0 Å². The topological polar surface area (TPSA) is 66.6 Å². The van der Waals surface area contributed by atoms with Crippen molar-refractivity contribution in [2.75, 3.05) is 32.7 Å². The Labute approximate surface area is 124 Å². The van der Waals surface area contributed by atoms with E-state index in [1.165, 1.54) is 4.90 Å². The molecule has 2 aliphatic heterocycles. The summed E-state index contributed by atoms with van der Waals surface area (Å²) in [5.74, 6) is 0.306. The third-order valence-corrected chi connectivity index (χ3v) is 4.56. The minimum atomic E-state index is -0.160. The van der Waals surface area contributed by atoms with E-state index in [9.17, 15) is 9.59 Å². The lowest BCUT2D eigenvalue weighted by Gasteiger charge is -2.32.